The van der Waals surface area contributed by atoms with Crippen molar-refractivity contribution in [3.8, 4) is 0 Å². The van der Waals surface area contributed by atoms with Crippen LogP contribution >= 0.6 is 0 Å². The van der Waals surface area contributed by atoms with Gasteiger partial charge in [0, 0.05) is 6.54 Å². The molecule has 0 saturated heterocycles. The zero-order valence-electron chi connectivity index (χ0n) is 31.0. The van der Waals surface area contributed by atoms with Crippen LogP contribution in [0.5, 0.6) is 0 Å². The Morgan fingerprint density at radius 3 is 2.27 bits per heavy atom. The van der Waals surface area contributed by atoms with Gasteiger partial charge in [-0.1, -0.05) is 65.0 Å². The summed E-state index contributed by atoms with van der Waals surface area (Å²) >= 11 is 0. The minimum atomic E-state index is -0.883. The molecule has 2 amide bonds. The molecule has 0 bridgehead atoms. The Labute approximate surface area is 294 Å². The Morgan fingerprint density at radius 1 is 0.898 bits per heavy atom. The van der Waals surface area contributed by atoms with Crippen LogP contribution in [0.1, 0.15) is 122 Å². The molecule has 0 radical (unpaired) electrons. The molecular formula is C42H60N2O5. The highest BCUT2D eigenvalue weighted by Gasteiger charge is 2.70. The number of rotatable bonds is 8. The van der Waals surface area contributed by atoms with Crippen LogP contribution in [0, 0.1) is 56.7 Å². The molecule has 49 heavy (non-hydrogen) atoms. The van der Waals surface area contributed by atoms with E-state index in [1.165, 1.54) is 43.3 Å². The van der Waals surface area contributed by atoms with Crippen molar-refractivity contribution in [2.75, 3.05) is 19.7 Å². The van der Waals surface area contributed by atoms with E-state index in [-0.39, 0.29) is 39.7 Å². The summed E-state index contributed by atoms with van der Waals surface area (Å²) in [6.07, 6.45) is 13.0. The zero-order valence-corrected chi connectivity index (χ0v) is 31.0. The van der Waals surface area contributed by atoms with Crippen LogP contribution in [0.2, 0.25) is 0 Å². The molecular weight excluding hydrogens is 612 g/mol. The summed E-state index contributed by atoms with van der Waals surface area (Å²) in [6.45, 7) is 22.1. The average molecular weight is 673 g/mol. The summed E-state index contributed by atoms with van der Waals surface area (Å²) in [5.41, 5.74) is 4.76. The van der Waals surface area contributed by atoms with E-state index in [0.29, 0.717) is 48.3 Å². The van der Waals surface area contributed by atoms with Crippen molar-refractivity contribution >= 4 is 23.5 Å². The van der Waals surface area contributed by atoms with Gasteiger partial charge in [0.1, 0.15) is 6.54 Å². The van der Waals surface area contributed by atoms with Gasteiger partial charge in [0.2, 0.25) is 0 Å². The number of carboxylic acid groups (broad SMARTS) is 1. The standard InChI is InChI=1S/C42H60N2O5/c1-9-49-34(45)24-43-37(48)44-25-42-21-16-29(26(2)3)35(42)31-14-15-33-39(6)19-17-30(27-10-12-28(13-11-27)36(46)47)38(4,5)32(39)18-20-41(33,8)40(31,7)22-23-42/h10-13,17,29,31-33,35H,2,9,14-16,18-25H2,1,3-8H3,(H,46,47)(H2,43,44,48). The molecule has 7 heteroatoms. The van der Waals surface area contributed by atoms with E-state index in [9.17, 15) is 19.5 Å². The minimum Gasteiger partial charge on any atom is -0.478 e. The second-order valence-electron chi connectivity index (χ2n) is 17.8. The number of allylic oxidation sites excluding steroid dienone is 3. The van der Waals surface area contributed by atoms with Crippen LogP contribution in [-0.4, -0.2) is 42.8 Å². The molecule has 0 aromatic heterocycles. The molecule has 5 aliphatic rings. The Morgan fingerprint density at radius 2 is 1.61 bits per heavy atom. The van der Waals surface area contributed by atoms with Gasteiger partial charge in [0.15, 0.2) is 0 Å². The number of esters is 1. The molecule has 3 N–H and O–H groups in total. The predicted molar refractivity (Wildman–Crippen MR) is 194 cm³/mol. The van der Waals surface area contributed by atoms with Gasteiger partial charge in [0.05, 0.1) is 12.2 Å². The summed E-state index contributed by atoms with van der Waals surface area (Å²) in [5, 5.41) is 15.4. The van der Waals surface area contributed by atoms with Gasteiger partial charge in [-0.25, -0.2) is 9.59 Å². The average Bonchev–Trinajstić information content (AvgIpc) is 3.43. The highest BCUT2D eigenvalue weighted by atomic mass is 16.5. The Hall–Kier alpha value is -3.09. The summed E-state index contributed by atoms with van der Waals surface area (Å²) in [5.74, 6) is 1.40. The summed E-state index contributed by atoms with van der Waals surface area (Å²) in [6, 6.07) is 7.22. The number of fused-ring (bicyclic) bond motifs is 7. The van der Waals surface area contributed by atoms with Gasteiger partial charge < -0.3 is 20.5 Å². The number of benzene rings is 1. The monoisotopic (exact) mass is 672 g/mol. The van der Waals surface area contributed by atoms with Crippen LogP contribution in [-0.2, 0) is 9.53 Å². The highest BCUT2D eigenvalue weighted by Crippen LogP contribution is 2.77. The molecule has 6 rings (SSSR count). The van der Waals surface area contributed by atoms with Crippen LogP contribution < -0.4 is 10.6 Å². The first-order valence-corrected chi connectivity index (χ1v) is 18.9. The van der Waals surface area contributed by atoms with Crippen LogP contribution in [0.25, 0.3) is 5.57 Å². The number of amides is 2. The number of carbonyl (C=O) groups is 3. The second kappa shape index (κ2) is 12.6. The predicted octanol–water partition coefficient (Wildman–Crippen LogP) is 8.90. The van der Waals surface area contributed by atoms with Crippen molar-refractivity contribution < 1.29 is 24.2 Å². The van der Waals surface area contributed by atoms with Crippen molar-refractivity contribution in [3.05, 3.63) is 53.6 Å². The van der Waals surface area contributed by atoms with Gasteiger partial charge in [-0.05, 0) is 152 Å². The minimum absolute atomic E-state index is 0.0193. The third-order valence-electron chi connectivity index (χ3n) is 15.6. The summed E-state index contributed by atoms with van der Waals surface area (Å²) < 4.78 is 4.99. The third kappa shape index (κ3) is 5.56. The van der Waals surface area contributed by atoms with Gasteiger partial charge in [-0.3, -0.25) is 4.79 Å². The number of urea groups is 1. The molecule has 1 aromatic rings. The Kier molecular flexibility index (Phi) is 9.18. The van der Waals surface area contributed by atoms with Crippen LogP contribution in [0.3, 0.4) is 0 Å². The fraction of sp³-hybridized carbons (Fsp3) is 0.690. The normalized spacial score (nSPS) is 38.8. The quantitative estimate of drug-likeness (QED) is 0.189. The van der Waals surface area contributed by atoms with E-state index in [0.717, 1.165) is 31.2 Å². The number of aromatic carboxylic acids is 1. The van der Waals surface area contributed by atoms with Crippen molar-refractivity contribution in [2.45, 2.75) is 106 Å². The lowest BCUT2D eigenvalue weighted by Gasteiger charge is -2.72. The van der Waals surface area contributed by atoms with Gasteiger partial charge >= 0.3 is 18.0 Å². The van der Waals surface area contributed by atoms with Crippen molar-refractivity contribution in [1.29, 1.82) is 0 Å². The van der Waals surface area contributed by atoms with E-state index in [1.807, 2.05) is 12.1 Å². The molecule has 1 aromatic carbocycles. The van der Waals surface area contributed by atoms with E-state index >= 15 is 0 Å². The highest BCUT2D eigenvalue weighted by molar-refractivity contribution is 5.88. The van der Waals surface area contributed by atoms with Gasteiger partial charge in [-0.15, -0.1) is 0 Å². The largest absolute Gasteiger partial charge is 0.478 e. The molecule has 7 nitrogen and oxygen atoms in total. The van der Waals surface area contributed by atoms with Crippen LogP contribution in [0.4, 0.5) is 4.79 Å². The molecule has 9 atom stereocenters. The summed E-state index contributed by atoms with van der Waals surface area (Å²) in [7, 11) is 0. The van der Waals surface area contributed by atoms with Gasteiger partial charge in [0.25, 0.3) is 0 Å². The van der Waals surface area contributed by atoms with Gasteiger partial charge in [-0.2, -0.15) is 0 Å². The Balaban J connectivity index is 1.27. The first-order valence-electron chi connectivity index (χ1n) is 18.9. The maximum atomic E-state index is 12.9. The zero-order chi connectivity index (χ0) is 35.6. The SMILES string of the molecule is C=C(C)C1CCC2(CNC(=O)NCC(=O)OCC)CCC3(C)C(CCC4C5(C)CC=C(c6ccc(C(=O)O)cc6)C(C)(C)C5CCC43C)C12. The molecule has 4 fully saturated rings. The van der Waals surface area contributed by atoms with Crippen molar-refractivity contribution in [3.63, 3.8) is 0 Å². The van der Waals surface area contributed by atoms with E-state index < -0.39 is 11.9 Å². The second-order valence-corrected chi connectivity index (χ2v) is 17.8. The van der Waals surface area contributed by atoms with Crippen molar-refractivity contribution in [1.82, 2.24) is 10.6 Å². The van der Waals surface area contributed by atoms with E-state index in [4.69, 9.17) is 4.74 Å². The number of nitrogens with one attached hydrogen (secondary N) is 2. The number of ether oxygens (including phenoxy) is 1. The lowest BCUT2D eigenvalue weighted by atomic mass is 9.32. The molecule has 0 aliphatic heterocycles. The number of carboxylic acids is 1. The van der Waals surface area contributed by atoms with Crippen molar-refractivity contribution in [2.24, 2.45) is 56.7 Å². The molecule has 5 aliphatic carbocycles. The lowest BCUT2D eigenvalue weighted by Crippen LogP contribution is -2.66. The lowest BCUT2D eigenvalue weighted by molar-refractivity contribution is -0.224. The van der Waals surface area contributed by atoms with Crippen LogP contribution in [0.15, 0.2) is 42.5 Å². The smallest absolute Gasteiger partial charge is 0.335 e. The number of hydrogen-bond donors (Lipinski definition) is 3. The topological polar surface area (TPSA) is 105 Å². The molecule has 9 unspecified atom stereocenters. The number of carbonyl (C=O) groups excluding carboxylic acids is 2. The maximum absolute atomic E-state index is 12.9. The maximum Gasteiger partial charge on any atom is 0.335 e. The molecule has 268 valence electrons. The summed E-state index contributed by atoms with van der Waals surface area (Å²) in [4.78, 5) is 36.3. The van der Waals surface area contributed by atoms with E-state index in [2.05, 4.69) is 64.8 Å². The molecule has 4 saturated carbocycles. The fourth-order valence-electron chi connectivity index (χ4n) is 13.2. The first kappa shape index (κ1) is 35.7. The molecule has 0 spiro atoms. The molecule has 0 heterocycles. The van der Waals surface area contributed by atoms with E-state index in [1.54, 1.807) is 19.1 Å². The number of hydrogen-bond acceptors (Lipinski definition) is 4. The third-order valence-corrected chi connectivity index (χ3v) is 15.6. The Bertz CT molecular complexity index is 1530. The first-order chi connectivity index (χ1) is 23.0. The fourth-order valence-corrected chi connectivity index (χ4v) is 13.2.